The largest absolute Gasteiger partial charge is 0.427 e. The van der Waals surface area contributed by atoms with Crippen LogP contribution in [0.25, 0.3) is 0 Å². The molecule has 0 bridgehead atoms. The first kappa shape index (κ1) is 14.3. The molecule has 0 unspecified atom stereocenters. The van der Waals surface area contributed by atoms with Gasteiger partial charge < -0.3 is 4.74 Å². The summed E-state index contributed by atoms with van der Waals surface area (Å²) in [5.41, 5.74) is 1.01. The predicted octanol–water partition coefficient (Wildman–Crippen LogP) is 4.04. The summed E-state index contributed by atoms with van der Waals surface area (Å²) in [5, 5.41) is 0. The van der Waals surface area contributed by atoms with Crippen molar-refractivity contribution in [2.45, 2.75) is 12.8 Å². The van der Waals surface area contributed by atoms with Crippen molar-refractivity contribution >= 4 is 17.6 Å². The van der Waals surface area contributed by atoms with Crippen LogP contribution in [0.3, 0.4) is 0 Å². The minimum atomic E-state index is -0.311. The molecule has 0 fully saturated rings. The second-order valence-electron chi connectivity index (χ2n) is 3.53. The number of carbonyl (C=O) groups excluding carboxylic acids is 1. The van der Waals surface area contributed by atoms with Crippen LogP contribution in [0.15, 0.2) is 60.7 Å². The Bertz CT molecular complexity index is 425. The van der Waals surface area contributed by atoms with Crippen molar-refractivity contribution < 1.29 is 9.53 Å². The summed E-state index contributed by atoms with van der Waals surface area (Å²) in [6.07, 6.45) is 0. The molecule has 2 aromatic carbocycles. The van der Waals surface area contributed by atoms with E-state index in [1.807, 2.05) is 48.5 Å². The quantitative estimate of drug-likeness (QED) is 0.464. The van der Waals surface area contributed by atoms with Crippen LogP contribution in [-0.2, 0) is 10.7 Å². The third kappa shape index (κ3) is 6.06. The van der Waals surface area contributed by atoms with E-state index in [0.29, 0.717) is 11.6 Å². The first-order chi connectivity index (χ1) is 8.72. The highest BCUT2D eigenvalue weighted by Gasteiger charge is 1.96. The van der Waals surface area contributed by atoms with Crippen LogP contribution in [0.2, 0.25) is 0 Å². The lowest BCUT2D eigenvalue weighted by atomic mass is 10.2. The van der Waals surface area contributed by atoms with Crippen LogP contribution in [-0.4, -0.2) is 5.97 Å². The molecule has 0 aliphatic heterocycles. The summed E-state index contributed by atoms with van der Waals surface area (Å²) >= 11 is 5.58. The first-order valence-electron chi connectivity index (χ1n) is 5.55. The number of halogens is 1. The van der Waals surface area contributed by atoms with Gasteiger partial charge in [-0.2, -0.15) is 0 Å². The number of ether oxygens (including phenoxy) is 1. The van der Waals surface area contributed by atoms with Crippen molar-refractivity contribution in [1.29, 1.82) is 0 Å². The average Bonchev–Trinajstić information content (AvgIpc) is 2.42. The van der Waals surface area contributed by atoms with Crippen LogP contribution >= 0.6 is 11.6 Å². The van der Waals surface area contributed by atoms with Gasteiger partial charge in [0.2, 0.25) is 0 Å². The highest BCUT2D eigenvalue weighted by atomic mass is 35.5. The van der Waals surface area contributed by atoms with Gasteiger partial charge in [-0.3, -0.25) is 4.79 Å². The molecule has 0 atom stereocenters. The molecule has 0 N–H and O–H groups in total. The van der Waals surface area contributed by atoms with Crippen molar-refractivity contribution in [2.24, 2.45) is 0 Å². The molecule has 2 aromatic rings. The number of alkyl halides is 1. The Balaban J connectivity index is 0.000000225. The van der Waals surface area contributed by atoms with E-state index in [1.165, 1.54) is 6.92 Å². The van der Waals surface area contributed by atoms with Crippen LogP contribution in [0.4, 0.5) is 0 Å². The first-order valence-corrected chi connectivity index (χ1v) is 6.09. The third-order valence-corrected chi connectivity index (χ3v) is 2.31. The average molecular weight is 263 g/mol. The van der Waals surface area contributed by atoms with Gasteiger partial charge in [0.25, 0.3) is 0 Å². The Hall–Kier alpha value is -1.80. The summed E-state index contributed by atoms with van der Waals surface area (Å²) in [7, 11) is 0. The van der Waals surface area contributed by atoms with Crippen LogP contribution in [0.5, 0.6) is 5.75 Å². The summed E-state index contributed by atoms with van der Waals surface area (Å²) in [6.45, 7) is 1.37. The maximum atomic E-state index is 10.5. The fraction of sp³-hybridized carbons (Fsp3) is 0.133. The molecule has 0 amide bonds. The van der Waals surface area contributed by atoms with Crippen LogP contribution in [0, 0.1) is 0 Å². The number of rotatable bonds is 2. The normalized spacial score (nSPS) is 9.00. The molecule has 0 aliphatic rings. The van der Waals surface area contributed by atoms with Gasteiger partial charge in [-0.05, 0) is 17.7 Å². The summed E-state index contributed by atoms with van der Waals surface area (Å²) < 4.78 is 4.83. The minimum absolute atomic E-state index is 0.311. The smallest absolute Gasteiger partial charge is 0.308 e. The second-order valence-corrected chi connectivity index (χ2v) is 3.79. The van der Waals surface area contributed by atoms with Gasteiger partial charge >= 0.3 is 5.97 Å². The molecule has 94 valence electrons. The highest BCUT2D eigenvalue weighted by molar-refractivity contribution is 6.17. The molecule has 0 spiro atoms. The van der Waals surface area contributed by atoms with E-state index < -0.39 is 0 Å². The number of hydrogen-bond acceptors (Lipinski definition) is 2. The minimum Gasteiger partial charge on any atom is -0.427 e. The SMILES string of the molecule is CC(=O)Oc1ccc(CCl)cc1.c1ccccc1. The van der Waals surface area contributed by atoms with Crippen molar-refractivity contribution in [3.8, 4) is 5.75 Å². The van der Waals surface area contributed by atoms with Gasteiger partial charge in [-0.15, -0.1) is 11.6 Å². The van der Waals surface area contributed by atoms with E-state index in [9.17, 15) is 4.79 Å². The Morgan fingerprint density at radius 2 is 1.44 bits per heavy atom. The number of hydrogen-bond donors (Lipinski definition) is 0. The monoisotopic (exact) mass is 262 g/mol. The van der Waals surface area contributed by atoms with Crippen molar-refractivity contribution in [3.05, 3.63) is 66.2 Å². The second kappa shape index (κ2) is 8.31. The summed E-state index contributed by atoms with van der Waals surface area (Å²) in [4.78, 5) is 10.5. The molecule has 2 nitrogen and oxygen atoms in total. The van der Waals surface area contributed by atoms with Gasteiger partial charge in [-0.25, -0.2) is 0 Å². The van der Waals surface area contributed by atoms with E-state index >= 15 is 0 Å². The molecule has 0 saturated carbocycles. The lowest BCUT2D eigenvalue weighted by molar-refractivity contribution is -0.131. The molecule has 3 heteroatoms. The summed E-state index contributed by atoms with van der Waals surface area (Å²) in [5.74, 6) is 0.713. The molecular weight excluding hydrogens is 248 g/mol. The van der Waals surface area contributed by atoms with Crippen LogP contribution in [0.1, 0.15) is 12.5 Å². The number of carbonyl (C=O) groups is 1. The molecule has 18 heavy (non-hydrogen) atoms. The van der Waals surface area contributed by atoms with Crippen molar-refractivity contribution in [2.75, 3.05) is 0 Å². The standard InChI is InChI=1S/C9H9ClO2.C6H6/c1-7(11)12-9-4-2-8(6-10)3-5-9;1-2-4-6-5-3-1/h2-5H,6H2,1H3;1-6H. The predicted molar refractivity (Wildman–Crippen MR) is 73.8 cm³/mol. The van der Waals surface area contributed by atoms with Gasteiger partial charge in [0, 0.05) is 12.8 Å². The third-order valence-electron chi connectivity index (χ3n) is 2.01. The van der Waals surface area contributed by atoms with Gasteiger partial charge in [0.05, 0.1) is 0 Å². The highest BCUT2D eigenvalue weighted by Crippen LogP contribution is 2.13. The van der Waals surface area contributed by atoms with E-state index in [0.717, 1.165) is 5.56 Å². The Morgan fingerprint density at radius 3 is 1.78 bits per heavy atom. The fourth-order valence-electron chi connectivity index (χ4n) is 1.20. The van der Waals surface area contributed by atoms with Gasteiger partial charge in [-0.1, -0.05) is 48.5 Å². The molecule has 0 heterocycles. The van der Waals surface area contributed by atoms with E-state index in [1.54, 1.807) is 12.1 Å². The van der Waals surface area contributed by atoms with E-state index in [4.69, 9.17) is 16.3 Å². The number of esters is 1. The lowest BCUT2D eigenvalue weighted by Gasteiger charge is -2.00. The molecule has 0 saturated heterocycles. The Labute approximate surface area is 112 Å². The summed E-state index contributed by atoms with van der Waals surface area (Å²) in [6, 6.07) is 19.1. The van der Waals surface area contributed by atoms with Crippen molar-refractivity contribution in [3.63, 3.8) is 0 Å². The topological polar surface area (TPSA) is 26.3 Å². The zero-order valence-electron chi connectivity index (χ0n) is 10.2. The maximum Gasteiger partial charge on any atom is 0.308 e. The lowest BCUT2D eigenvalue weighted by Crippen LogP contribution is -2.00. The number of benzene rings is 2. The fourth-order valence-corrected chi connectivity index (χ4v) is 1.38. The molecule has 0 aliphatic carbocycles. The maximum absolute atomic E-state index is 10.5. The molecular formula is C15H15ClO2. The molecule has 2 rings (SSSR count). The van der Waals surface area contributed by atoms with E-state index in [2.05, 4.69) is 0 Å². The van der Waals surface area contributed by atoms with Crippen LogP contribution < -0.4 is 4.74 Å². The van der Waals surface area contributed by atoms with Gasteiger partial charge in [0.1, 0.15) is 5.75 Å². The van der Waals surface area contributed by atoms with Crippen molar-refractivity contribution in [1.82, 2.24) is 0 Å². The Morgan fingerprint density at radius 1 is 1.00 bits per heavy atom. The Kier molecular flexibility index (Phi) is 6.59. The van der Waals surface area contributed by atoms with E-state index in [-0.39, 0.29) is 5.97 Å². The zero-order valence-corrected chi connectivity index (χ0v) is 10.9. The molecule has 0 aromatic heterocycles. The molecule has 0 radical (unpaired) electrons. The zero-order chi connectivity index (χ0) is 13.2. The van der Waals surface area contributed by atoms with Gasteiger partial charge in [0.15, 0.2) is 0 Å².